The zero-order valence-electron chi connectivity index (χ0n) is 15.5. The van der Waals surface area contributed by atoms with E-state index in [1.165, 1.54) is 10.3 Å². The molecule has 136 valence electrons. The molecule has 26 heavy (non-hydrogen) atoms. The number of aromatic nitrogens is 1. The lowest BCUT2D eigenvalue weighted by Crippen LogP contribution is -2.34. The van der Waals surface area contributed by atoms with Crippen molar-refractivity contribution in [2.75, 3.05) is 25.6 Å². The van der Waals surface area contributed by atoms with Crippen LogP contribution in [0.25, 0.3) is 10.2 Å². The van der Waals surface area contributed by atoms with Gasteiger partial charge in [0, 0.05) is 13.6 Å². The number of benzene rings is 2. The van der Waals surface area contributed by atoms with Gasteiger partial charge in [0.05, 0.1) is 23.9 Å². The van der Waals surface area contributed by atoms with Crippen molar-refractivity contribution in [3.8, 4) is 5.75 Å². The molecule has 0 bridgehead atoms. The highest BCUT2D eigenvalue weighted by Gasteiger charge is 2.14. The Kier molecular flexibility index (Phi) is 5.42. The SMILES string of the molecule is COc1cccc(CNC(=O)CN(C)c2nc3c(C)ccc(C)c3s2)c1. The number of rotatable bonds is 6. The maximum atomic E-state index is 12.3. The summed E-state index contributed by atoms with van der Waals surface area (Å²) in [6.07, 6.45) is 0. The second-order valence-electron chi connectivity index (χ2n) is 6.36. The second kappa shape index (κ2) is 7.74. The molecule has 0 fully saturated rings. The minimum absolute atomic E-state index is 0.0389. The lowest BCUT2D eigenvalue weighted by molar-refractivity contribution is -0.119. The molecule has 0 unspecified atom stereocenters. The number of nitrogens with zero attached hydrogens (tertiary/aromatic N) is 2. The highest BCUT2D eigenvalue weighted by atomic mass is 32.1. The van der Waals surface area contributed by atoms with Crippen molar-refractivity contribution in [2.45, 2.75) is 20.4 Å². The first-order valence-corrected chi connectivity index (χ1v) is 9.27. The van der Waals surface area contributed by atoms with Gasteiger partial charge in [-0.25, -0.2) is 4.98 Å². The van der Waals surface area contributed by atoms with Crippen molar-refractivity contribution in [3.05, 3.63) is 53.1 Å². The molecule has 3 rings (SSSR count). The minimum Gasteiger partial charge on any atom is -0.497 e. The Morgan fingerprint density at radius 2 is 2.00 bits per heavy atom. The number of nitrogens with one attached hydrogen (secondary N) is 1. The van der Waals surface area contributed by atoms with Gasteiger partial charge in [-0.2, -0.15) is 0 Å². The number of amides is 1. The first-order chi connectivity index (χ1) is 12.5. The third kappa shape index (κ3) is 3.96. The summed E-state index contributed by atoms with van der Waals surface area (Å²) >= 11 is 1.63. The van der Waals surface area contributed by atoms with E-state index in [1.54, 1.807) is 18.4 Å². The number of fused-ring (bicyclic) bond motifs is 1. The van der Waals surface area contributed by atoms with Crippen LogP contribution < -0.4 is 15.0 Å². The highest BCUT2D eigenvalue weighted by molar-refractivity contribution is 7.22. The molecular weight excluding hydrogens is 346 g/mol. The molecular formula is C20H23N3O2S. The van der Waals surface area contributed by atoms with Crippen LogP contribution in [0.4, 0.5) is 5.13 Å². The number of likely N-dealkylation sites (N-methyl/N-ethyl adjacent to an activating group) is 1. The number of ether oxygens (including phenoxy) is 1. The normalized spacial score (nSPS) is 10.8. The average molecular weight is 369 g/mol. The molecule has 5 nitrogen and oxygen atoms in total. The van der Waals surface area contributed by atoms with Crippen LogP contribution in [0.15, 0.2) is 36.4 Å². The van der Waals surface area contributed by atoms with E-state index < -0.39 is 0 Å². The van der Waals surface area contributed by atoms with E-state index in [4.69, 9.17) is 9.72 Å². The van der Waals surface area contributed by atoms with Crippen LogP contribution in [-0.4, -0.2) is 31.6 Å². The topological polar surface area (TPSA) is 54.5 Å². The van der Waals surface area contributed by atoms with Crippen LogP contribution in [0.5, 0.6) is 5.75 Å². The summed E-state index contributed by atoms with van der Waals surface area (Å²) in [5.41, 5.74) is 4.40. The average Bonchev–Trinajstić information content (AvgIpc) is 3.10. The predicted octanol–water partition coefficient (Wildman–Crippen LogP) is 3.67. The summed E-state index contributed by atoms with van der Waals surface area (Å²) in [7, 11) is 3.53. The van der Waals surface area contributed by atoms with Crippen LogP contribution in [0.2, 0.25) is 0 Å². The van der Waals surface area contributed by atoms with Gasteiger partial charge in [0.25, 0.3) is 0 Å². The van der Waals surface area contributed by atoms with E-state index in [0.717, 1.165) is 27.5 Å². The molecule has 1 heterocycles. The van der Waals surface area contributed by atoms with Gasteiger partial charge < -0.3 is 15.0 Å². The molecule has 0 spiro atoms. The van der Waals surface area contributed by atoms with Crippen molar-refractivity contribution in [1.29, 1.82) is 0 Å². The lowest BCUT2D eigenvalue weighted by Gasteiger charge is -2.15. The number of thiazole rings is 1. The molecule has 6 heteroatoms. The predicted molar refractivity (Wildman–Crippen MR) is 107 cm³/mol. The van der Waals surface area contributed by atoms with Gasteiger partial charge in [-0.1, -0.05) is 35.6 Å². The smallest absolute Gasteiger partial charge is 0.239 e. The summed E-state index contributed by atoms with van der Waals surface area (Å²) < 4.78 is 6.39. The maximum absolute atomic E-state index is 12.3. The van der Waals surface area contributed by atoms with Crippen molar-refractivity contribution in [1.82, 2.24) is 10.3 Å². The molecule has 1 N–H and O–H groups in total. The van der Waals surface area contributed by atoms with E-state index in [0.29, 0.717) is 6.54 Å². The van der Waals surface area contributed by atoms with Gasteiger partial charge in [0.15, 0.2) is 5.13 Å². The van der Waals surface area contributed by atoms with Crippen molar-refractivity contribution < 1.29 is 9.53 Å². The van der Waals surface area contributed by atoms with E-state index in [-0.39, 0.29) is 12.5 Å². The Morgan fingerprint density at radius 3 is 2.73 bits per heavy atom. The Labute approximate surface area is 157 Å². The largest absolute Gasteiger partial charge is 0.497 e. The van der Waals surface area contributed by atoms with Gasteiger partial charge in [-0.15, -0.1) is 0 Å². The molecule has 0 saturated heterocycles. The first kappa shape index (κ1) is 18.2. The van der Waals surface area contributed by atoms with Crippen LogP contribution in [0, 0.1) is 13.8 Å². The molecule has 0 radical (unpaired) electrons. The van der Waals surface area contributed by atoms with Gasteiger partial charge >= 0.3 is 0 Å². The molecule has 0 aliphatic heterocycles. The number of anilines is 1. The fourth-order valence-electron chi connectivity index (χ4n) is 2.73. The van der Waals surface area contributed by atoms with E-state index in [1.807, 2.05) is 36.2 Å². The number of carbonyl (C=O) groups excluding carboxylic acids is 1. The molecule has 1 aromatic heterocycles. The van der Waals surface area contributed by atoms with Crippen molar-refractivity contribution in [2.24, 2.45) is 0 Å². The van der Waals surface area contributed by atoms with Crippen LogP contribution >= 0.6 is 11.3 Å². The Morgan fingerprint density at radius 1 is 1.23 bits per heavy atom. The summed E-state index contributed by atoms with van der Waals surface area (Å²) in [6.45, 7) is 4.89. The Balaban J connectivity index is 1.64. The summed E-state index contributed by atoms with van der Waals surface area (Å²) in [5, 5.41) is 3.80. The van der Waals surface area contributed by atoms with Crippen LogP contribution in [0.3, 0.4) is 0 Å². The number of methoxy groups -OCH3 is 1. The highest BCUT2D eigenvalue weighted by Crippen LogP contribution is 2.32. The fourth-order valence-corrected chi connectivity index (χ4v) is 3.81. The Hall–Kier alpha value is -2.60. The van der Waals surface area contributed by atoms with Gasteiger partial charge in [0.1, 0.15) is 5.75 Å². The third-order valence-electron chi connectivity index (χ3n) is 4.26. The van der Waals surface area contributed by atoms with Crippen LogP contribution in [0.1, 0.15) is 16.7 Å². The molecule has 1 amide bonds. The number of carbonyl (C=O) groups is 1. The molecule has 0 aliphatic rings. The van der Waals surface area contributed by atoms with Crippen molar-refractivity contribution in [3.63, 3.8) is 0 Å². The number of hydrogen-bond donors (Lipinski definition) is 1. The van der Waals surface area contributed by atoms with Crippen molar-refractivity contribution >= 4 is 32.6 Å². The van der Waals surface area contributed by atoms with Gasteiger partial charge in [-0.3, -0.25) is 4.79 Å². The molecule has 0 aliphatic carbocycles. The van der Waals surface area contributed by atoms with E-state index >= 15 is 0 Å². The molecule has 2 aromatic carbocycles. The first-order valence-electron chi connectivity index (χ1n) is 8.45. The second-order valence-corrected chi connectivity index (χ2v) is 7.34. The Bertz CT molecular complexity index is 897. The summed E-state index contributed by atoms with van der Waals surface area (Å²) in [5.74, 6) is 0.747. The minimum atomic E-state index is -0.0389. The standard InChI is InChI=1S/C20H23N3O2S/c1-13-8-9-14(2)19-18(13)22-20(26-19)23(3)12-17(24)21-11-15-6-5-7-16(10-15)25-4/h5-10H,11-12H2,1-4H3,(H,21,24). The zero-order chi connectivity index (χ0) is 18.7. The maximum Gasteiger partial charge on any atom is 0.239 e. The fraction of sp³-hybridized carbons (Fsp3) is 0.300. The zero-order valence-corrected chi connectivity index (χ0v) is 16.3. The third-order valence-corrected chi connectivity index (χ3v) is 5.57. The summed E-state index contributed by atoms with van der Waals surface area (Å²) in [4.78, 5) is 18.9. The van der Waals surface area contributed by atoms with Gasteiger partial charge in [0.2, 0.25) is 5.91 Å². The lowest BCUT2D eigenvalue weighted by atomic mass is 10.1. The number of hydrogen-bond acceptors (Lipinski definition) is 5. The van der Waals surface area contributed by atoms with E-state index in [2.05, 4.69) is 31.3 Å². The number of aryl methyl sites for hydroxylation is 2. The quantitative estimate of drug-likeness (QED) is 0.720. The van der Waals surface area contributed by atoms with Gasteiger partial charge in [-0.05, 0) is 42.7 Å². The van der Waals surface area contributed by atoms with Crippen LogP contribution in [-0.2, 0) is 11.3 Å². The molecule has 0 saturated carbocycles. The molecule has 3 aromatic rings. The van der Waals surface area contributed by atoms with E-state index in [9.17, 15) is 4.79 Å². The summed E-state index contributed by atoms with van der Waals surface area (Å²) in [6, 6.07) is 11.9. The molecule has 0 atom stereocenters. The monoisotopic (exact) mass is 369 g/mol.